The summed E-state index contributed by atoms with van der Waals surface area (Å²) < 4.78 is 5.35. The molecule has 9 heteroatoms. The third-order valence-corrected chi connectivity index (χ3v) is 5.68. The largest absolute Gasteiger partial charge is 0.496 e. The van der Waals surface area contributed by atoms with Crippen molar-refractivity contribution >= 4 is 28.6 Å². The van der Waals surface area contributed by atoms with Crippen LogP contribution in [-0.4, -0.2) is 48.4 Å². The first-order chi connectivity index (χ1) is 15.6. The second kappa shape index (κ2) is 9.94. The van der Waals surface area contributed by atoms with E-state index in [1.807, 2.05) is 32.9 Å². The van der Waals surface area contributed by atoms with E-state index in [-0.39, 0.29) is 23.7 Å². The van der Waals surface area contributed by atoms with Gasteiger partial charge in [0.05, 0.1) is 13.2 Å². The molecular weight excluding hydrogens is 422 g/mol. The molecule has 176 valence electrons. The Balaban J connectivity index is 1.74. The van der Waals surface area contributed by atoms with E-state index < -0.39 is 23.9 Å². The first-order valence-corrected chi connectivity index (χ1v) is 11.1. The lowest BCUT2D eigenvalue weighted by Gasteiger charge is -2.27. The van der Waals surface area contributed by atoms with Crippen molar-refractivity contribution in [3.8, 4) is 11.8 Å². The van der Waals surface area contributed by atoms with Gasteiger partial charge in [-0.2, -0.15) is 5.26 Å². The number of ether oxygens (including phenoxy) is 1. The van der Waals surface area contributed by atoms with Gasteiger partial charge in [-0.05, 0) is 42.9 Å². The molecule has 4 N–H and O–H groups in total. The molecule has 0 aliphatic carbocycles. The van der Waals surface area contributed by atoms with Crippen molar-refractivity contribution < 1.29 is 19.1 Å². The quantitative estimate of drug-likeness (QED) is 0.486. The van der Waals surface area contributed by atoms with Crippen molar-refractivity contribution in [2.45, 2.75) is 52.1 Å². The number of nitrogens with zero attached hydrogens (tertiary/aromatic N) is 1. The number of fused-ring (bicyclic) bond motifs is 1. The fourth-order valence-electron chi connectivity index (χ4n) is 4.06. The molecule has 1 fully saturated rings. The molecule has 1 aromatic heterocycles. The number of hydrogen-bond donors (Lipinski definition) is 4. The topological polar surface area (TPSA) is 136 Å². The van der Waals surface area contributed by atoms with E-state index in [0.717, 1.165) is 10.9 Å². The minimum Gasteiger partial charge on any atom is -0.496 e. The Labute approximate surface area is 193 Å². The molecule has 1 aliphatic heterocycles. The molecule has 1 aromatic carbocycles. The first kappa shape index (κ1) is 24.1. The highest BCUT2D eigenvalue weighted by Crippen LogP contribution is 2.26. The van der Waals surface area contributed by atoms with Crippen molar-refractivity contribution in [1.82, 2.24) is 20.9 Å². The third-order valence-electron chi connectivity index (χ3n) is 5.68. The number of benzene rings is 1. The second-order valence-electron chi connectivity index (χ2n) is 9.60. The van der Waals surface area contributed by atoms with E-state index in [9.17, 15) is 19.6 Å². The smallest absolute Gasteiger partial charge is 0.268 e. The van der Waals surface area contributed by atoms with Gasteiger partial charge < -0.3 is 25.7 Å². The number of nitrogens with one attached hydrogen (secondary N) is 4. The van der Waals surface area contributed by atoms with Crippen molar-refractivity contribution in [1.29, 1.82) is 5.26 Å². The monoisotopic (exact) mass is 453 g/mol. The van der Waals surface area contributed by atoms with E-state index in [1.165, 1.54) is 0 Å². The van der Waals surface area contributed by atoms with Crippen LogP contribution in [0.1, 0.15) is 50.5 Å². The molecule has 3 amide bonds. The molecule has 2 unspecified atom stereocenters. The first-order valence-electron chi connectivity index (χ1n) is 11.1. The highest BCUT2D eigenvalue weighted by Gasteiger charge is 2.32. The molecule has 3 rings (SSSR count). The standard InChI is InChI=1S/C24H31N5O4/c1-24(2,3)12-19(23(32)27-15(13-25)10-14-8-9-26-21(14)30)29-22(31)18-11-16-17(28-18)6-5-7-20(16)33-4/h5-7,11,14-15,19,28H,8-10,12H2,1-4H3,(H,26,30)(H,27,32)(H,29,31)/t14-,15?,19?/m0/s1. The van der Waals surface area contributed by atoms with Gasteiger partial charge in [0.25, 0.3) is 5.91 Å². The lowest BCUT2D eigenvalue weighted by Crippen LogP contribution is -2.51. The summed E-state index contributed by atoms with van der Waals surface area (Å²) in [6.07, 6.45) is 1.25. The maximum absolute atomic E-state index is 13.1. The van der Waals surface area contributed by atoms with E-state index >= 15 is 0 Å². The normalized spacial score (nSPS) is 17.7. The van der Waals surface area contributed by atoms with Crippen LogP contribution in [0.2, 0.25) is 0 Å². The van der Waals surface area contributed by atoms with Crippen LogP contribution in [0, 0.1) is 22.7 Å². The molecule has 1 aliphatic rings. The molecule has 9 nitrogen and oxygen atoms in total. The molecule has 0 radical (unpaired) electrons. The zero-order valence-electron chi connectivity index (χ0n) is 19.5. The van der Waals surface area contributed by atoms with E-state index in [0.29, 0.717) is 30.8 Å². The molecule has 0 spiro atoms. The van der Waals surface area contributed by atoms with Crippen molar-refractivity contribution in [3.05, 3.63) is 30.0 Å². The Morgan fingerprint density at radius 2 is 2.06 bits per heavy atom. The number of H-pyrrole nitrogens is 1. The number of aromatic amines is 1. The Morgan fingerprint density at radius 1 is 1.30 bits per heavy atom. The minimum atomic E-state index is -0.848. The van der Waals surface area contributed by atoms with Crippen LogP contribution in [0.3, 0.4) is 0 Å². The fourth-order valence-corrected chi connectivity index (χ4v) is 4.06. The number of amides is 3. The van der Waals surface area contributed by atoms with Crippen LogP contribution in [0.4, 0.5) is 0 Å². The van der Waals surface area contributed by atoms with Gasteiger partial charge in [-0.1, -0.05) is 26.8 Å². The number of carbonyl (C=O) groups is 3. The van der Waals surface area contributed by atoms with Gasteiger partial charge in [-0.3, -0.25) is 14.4 Å². The lowest BCUT2D eigenvalue weighted by atomic mass is 9.87. The molecule has 2 heterocycles. The highest BCUT2D eigenvalue weighted by atomic mass is 16.5. The minimum absolute atomic E-state index is 0.0988. The number of aromatic nitrogens is 1. The number of rotatable bonds is 8. The highest BCUT2D eigenvalue weighted by molar-refractivity contribution is 6.01. The molecule has 0 bridgehead atoms. The van der Waals surface area contributed by atoms with Gasteiger partial charge in [-0.25, -0.2) is 0 Å². The molecule has 3 atom stereocenters. The molecule has 0 saturated carbocycles. The Morgan fingerprint density at radius 3 is 2.67 bits per heavy atom. The van der Waals surface area contributed by atoms with Gasteiger partial charge in [0.2, 0.25) is 11.8 Å². The maximum Gasteiger partial charge on any atom is 0.268 e. The predicted octanol–water partition coefficient (Wildman–Crippen LogP) is 2.25. The molecule has 2 aromatic rings. The molecular formula is C24H31N5O4. The summed E-state index contributed by atoms with van der Waals surface area (Å²) in [6, 6.07) is 7.56. The fraction of sp³-hybridized carbons (Fsp3) is 0.500. The summed E-state index contributed by atoms with van der Waals surface area (Å²) in [7, 11) is 1.56. The average molecular weight is 454 g/mol. The average Bonchev–Trinajstić information content (AvgIpc) is 3.37. The number of carbonyl (C=O) groups excluding carboxylic acids is 3. The summed E-state index contributed by atoms with van der Waals surface area (Å²) in [4.78, 5) is 41.0. The maximum atomic E-state index is 13.1. The zero-order valence-corrected chi connectivity index (χ0v) is 19.5. The van der Waals surface area contributed by atoms with Crippen molar-refractivity contribution in [3.63, 3.8) is 0 Å². The van der Waals surface area contributed by atoms with Crippen LogP contribution >= 0.6 is 0 Å². The Bertz CT molecular complexity index is 1080. The van der Waals surface area contributed by atoms with E-state index in [1.54, 1.807) is 19.2 Å². The van der Waals surface area contributed by atoms with Crippen molar-refractivity contribution in [2.75, 3.05) is 13.7 Å². The van der Waals surface area contributed by atoms with Crippen LogP contribution < -0.4 is 20.7 Å². The second-order valence-corrected chi connectivity index (χ2v) is 9.60. The number of methoxy groups -OCH3 is 1. The van der Waals surface area contributed by atoms with Gasteiger partial charge >= 0.3 is 0 Å². The number of nitriles is 1. The summed E-state index contributed by atoms with van der Waals surface area (Å²) >= 11 is 0. The molecule has 33 heavy (non-hydrogen) atoms. The number of hydrogen-bond acceptors (Lipinski definition) is 5. The van der Waals surface area contributed by atoms with E-state index in [2.05, 4.69) is 27.0 Å². The van der Waals surface area contributed by atoms with Crippen LogP contribution in [0.5, 0.6) is 5.75 Å². The zero-order chi connectivity index (χ0) is 24.2. The summed E-state index contributed by atoms with van der Waals surface area (Å²) in [5.74, 6) is -0.636. The predicted molar refractivity (Wildman–Crippen MR) is 123 cm³/mol. The SMILES string of the molecule is COc1cccc2[nH]c(C(=O)NC(CC(C)(C)C)C(=O)NC(C#N)C[C@@H]3CCNC3=O)cc12. The van der Waals surface area contributed by atoms with Crippen LogP contribution in [-0.2, 0) is 9.59 Å². The van der Waals surface area contributed by atoms with Crippen LogP contribution in [0.25, 0.3) is 10.9 Å². The van der Waals surface area contributed by atoms with E-state index in [4.69, 9.17) is 4.74 Å². The van der Waals surface area contributed by atoms with Gasteiger partial charge in [0.1, 0.15) is 23.5 Å². The summed E-state index contributed by atoms with van der Waals surface area (Å²) in [5.41, 5.74) is 0.795. The lowest BCUT2D eigenvalue weighted by molar-refractivity contribution is -0.125. The third kappa shape index (κ3) is 6.04. The summed E-state index contributed by atoms with van der Waals surface area (Å²) in [6.45, 7) is 6.49. The Hall–Kier alpha value is -3.54. The van der Waals surface area contributed by atoms with Gasteiger partial charge in [-0.15, -0.1) is 0 Å². The Kier molecular flexibility index (Phi) is 7.26. The molecule has 1 saturated heterocycles. The summed E-state index contributed by atoms with van der Waals surface area (Å²) in [5, 5.41) is 18.6. The van der Waals surface area contributed by atoms with Gasteiger partial charge in [0, 0.05) is 23.4 Å². The van der Waals surface area contributed by atoms with Crippen molar-refractivity contribution in [2.24, 2.45) is 11.3 Å². The van der Waals surface area contributed by atoms with Gasteiger partial charge in [0.15, 0.2) is 0 Å². The van der Waals surface area contributed by atoms with Crippen LogP contribution in [0.15, 0.2) is 24.3 Å².